The Balaban J connectivity index is 2.48. The van der Waals surface area contributed by atoms with Crippen LogP contribution in [0.5, 0.6) is 0 Å². The standard InChI is InChI=1S/C13H21N3S/c1-10-6-5-7-12(11(10)2)15-13(17)14-8-9-16(3)4/h5-7H,8-9H2,1-4H3,(H2,14,15,17). The van der Waals surface area contributed by atoms with E-state index in [-0.39, 0.29) is 0 Å². The Bertz CT molecular complexity index is 388. The SMILES string of the molecule is Cc1cccc(NC(=S)NCCN(C)C)c1C. The van der Waals surface area contributed by atoms with Gasteiger partial charge in [-0.15, -0.1) is 0 Å². The Kier molecular flexibility index (Phi) is 5.38. The number of hydrogen-bond acceptors (Lipinski definition) is 2. The number of thiocarbonyl (C=S) groups is 1. The van der Waals surface area contributed by atoms with E-state index < -0.39 is 0 Å². The van der Waals surface area contributed by atoms with E-state index >= 15 is 0 Å². The molecule has 94 valence electrons. The van der Waals surface area contributed by atoms with Gasteiger partial charge in [0.05, 0.1) is 0 Å². The van der Waals surface area contributed by atoms with Crippen molar-refractivity contribution in [3.63, 3.8) is 0 Å². The molecule has 0 atom stereocenters. The highest BCUT2D eigenvalue weighted by Gasteiger charge is 2.02. The first-order valence-electron chi connectivity index (χ1n) is 5.76. The lowest BCUT2D eigenvalue weighted by atomic mass is 10.1. The lowest BCUT2D eigenvalue weighted by molar-refractivity contribution is 0.413. The van der Waals surface area contributed by atoms with Crippen LogP contribution in [0.1, 0.15) is 11.1 Å². The zero-order chi connectivity index (χ0) is 12.8. The highest BCUT2D eigenvalue weighted by molar-refractivity contribution is 7.80. The molecule has 1 rings (SSSR count). The maximum Gasteiger partial charge on any atom is 0.170 e. The molecular weight excluding hydrogens is 230 g/mol. The summed E-state index contributed by atoms with van der Waals surface area (Å²) < 4.78 is 0. The van der Waals surface area contributed by atoms with E-state index in [1.807, 2.05) is 26.2 Å². The molecule has 0 radical (unpaired) electrons. The average Bonchev–Trinajstić information content (AvgIpc) is 2.24. The first-order valence-corrected chi connectivity index (χ1v) is 6.17. The highest BCUT2D eigenvalue weighted by atomic mass is 32.1. The van der Waals surface area contributed by atoms with Crippen molar-refractivity contribution in [2.45, 2.75) is 13.8 Å². The van der Waals surface area contributed by atoms with Gasteiger partial charge in [0, 0.05) is 18.8 Å². The Morgan fingerprint density at radius 2 is 2.00 bits per heavy atom. The summed E-state index contributed by atoms with van der Waals surface area (Å²) in [6.07, 6.45) is 0. The molecule has 0 fully saturated rings. The van der Waals surface area contributed by atoms with Crippen molar-refractivity contribution in [2.75, 3.05) is 32.5 Å². The number of hydrogen-bond donors (Lipinski definition) is 2. The largest absolute Gasteiger partial charge is 0.361 e. The molecule has 17 heavy (non-hydrogen) atoms. The Morgan fingerprint density at radius 1 is 1.29 bits per heavy atom. The fourth-order valence-corrected chi connectivity index (χ4v) is 1.66. The number of benzene rings is 1. The van der Waals surface area contributed by atoms with Crippen molar-refractivity contribution < 1.29 is 0 Å². The summed E-state index contributed by atoms with van der Waals surface area (Å²) in [4.78, 5) is 2.12. The number of nitrogens with zero attached hydrogens (tertiary/aromatic N) is 1. The molecule has 0 unspecified atom stereocenters. The van der Waals surface area contributed by atoms with Gasteiger partial charge in [0.1, 0.15) is 0 Å². The van der Waals surface area contributed by atoms with E-state index in [0.29, 0.717) is 5.11 Å². The molecule has 0 aliphatic carbocycles. The van der Waals surface area contributed by atoms with Crippen LogP contribution in [0.2, 0.25) is 0 Å². The van der Waals surface area contributed by atoms with Gasteiger partial charge in [0.2, 0.25) is 0 Å². The van der Waals surface area contributed by atoms with Gasteiger partial charge < -0.3 is 15.5 Å². The molecule has 3 nitrogen and oxygen atoms in total. The number of aryl methyl sites for hydroxylation is 1. The maximum atomic E-state index is 5.25. The van der Waals surface area contributed by atoms with Gasteiger partial charge in [-0.1, -0.05) is 12.1 Å². The minimum Gasteiger partial charge on any atom is -0.361 e. The van der Waals surface area contributed by atoms with Crippen molar-refractivity contribution in [3.8, 4) is 0 Å². The van der Waals surface area contributed by atoms with Crippen LogP contribution in [0.15, 0.2) is 18.2 Å². The molecule has 0 saturated carbocycles. The maximum absolute atomic E-state index is 5.25. The molecule has 0 spiro atoms. The second kappa shape index (κ2) is 6.57. The minimum atomic E-state index is 0.681. The molecule has 2 N–H and O–H groups in total. The van der Waals surface area contributed by atoms with Crippen LogP contribution in [0, 0.1) is 13.8 Å². The van der Waals surface area contributed by atoms with Gasteiger partial charge in [0.25, 0.3) is 0 Å². The van der Waals surface area contributed by atoms with Crippen molar-refractivity contribution in [1.82, 2.24) is 10.2 Å². The van der Waals surface area contributed by atoms with Gasteiger partial charge in [-0.3, -0.25) is 0 Å². The van der Waals surface area contributed by atoms with Crippen LogP contribution in [-0.2, 0) is 0 Å². The van der Waals surface area contributed by atoms with E-state index in [1.165, 1.54) is 11.1 Å². The van der Waals surface area contributed by atoms with Gasteiger partial charge in [-0.2, -0.15) is 0 Å². The Hall–Kier alpha value is -1.13. The van der Waals surface area contributed by atoms with Crippen molar-refractivity contribution in [1.29, 1.82) is 0 Å². The summed E-state index contributed by atoms with van der Waals surface area (Å²) in [6, 6.07) is 6.18. The fourth-order valence-electron chi connectivity index (χ4n) is 1.45. The van der Waals surface area contributed by atoms with Gasteiger partial charge >= 0.3 is 0 Å². The van der Waals surface area contributed by atoms with Gasteiger partial charge in [-0.05, 0) is 57.4 Å². The van der Waals surface area contributed by atoms with E-state index in [0.717, 1.165) is 18.8 Å². The predicted molar refractivity (Wildman–Crippen MR) is 78.7 cm³/mol. The summed E-state index contributed by atoms with van der Waals surface area (Å²) in [7, 11) is 4.09. The van der Waals surface area contributed by atoms with Crippen molar-refractivity contribution >= 4 is 23.0 Å². The first kappa shape index (κ1) is 13.9. The zero-order valence-corrected chi connectivity index (χ0v) is 11.8. The van der Waals surface area contributed by atoms with Gasteiger partial charge in [-0.25, -0.2) is 0 Å². The van der Waals surface area contributed by atoms with Crippen LogP contribution < -0.4 is 10.6 Å². The Labute approximate surface area is 109 Å². The second-order valence-electron chi connectivity index (χ2n) is 4.43. The third kappa shape index (κ3) is 4.71. The highest BCUT2D eigenvalue weighted by Crippen LogP contribution is 2.17. The minimum absolute atomic E-state index is 0.681. The number of anilines is 1. The lowest BCUT2D eigenvalue weighted by Crippen LogP contribution is -2.34. The third-order valence-electron chi connectivity index (χ3n) is 2.70. The van der Waals surface area contributed by atoms with Crippen LogP contribution >= 0.6 is 12.2 Å². The van der Waals surface area contributed by atoms with E-state index in [1.54, 1.807) is 0 Å². The molecule has 0 bridgehead atoms. The van der Waals surface area contributed by atoms with Crippen molar-refractivity contribution in [2.24, 2.45) is 0 Å². The molecule has 0 saturated heterocycles. The van der Waals surface area contributed by atoms with Gasteiger partial charge in [0.15, 0.2) is 5.11 Å². The van der Waals surface area contributed by atoms with E-state index in [9.17, 15) is 0 Å². The summed E-state index contributed by atoms with van der Waals surface area (Å²) in [5.41, 5.74) is 3.59. The molecule has 0 aromatic heterocycles. The lowest BCUT2D eigenvalue weighted by Gasteiger charge is -2.15. The topological polar surface area (TPSA) is 27.3 Å². The number of rotatable bonds is 4. The first-order chi connectivity index (χ1) is 8.00. The zero-order valence-electron chi connectivity index (χ0n) is 11.0. The molecule has 0 heterocycles. The summed E-state index contributed by atoms with van der Waals surface area (Å²) in [5.74, 6) is 0. The summed E-state index contributed by atoms with van der Waals surface area (Å²) in [5, 5.41) is 7.10. The molecular formula is C13H21N3S. The summed E-state index contributed by atoms with van der Waals surface area (Å²) >= 11 is 5.25. The van der Waals surface area contributed by atoms with Crippen molar-refractivity contribution in [3.05, 3.63) is 29.3 Å². The predicted octanol–water partition coefficient (Wildman–Crippen LogP) is 2.15. The summed E-state index contributed by atoms with van der Waals surface area (Å²) in [6.45, 7) is 6.02. The van der Waals surface area contributed by atoms with Crippen LogP contribution in [0.3, 0.4) is 0 Å². The smallest absolute Gasteiger partial charge is 0.170 e. The quantitative estimate of drug-likeness (QED) is 0.802. The second-order valence-corrected chi connectivity index (χ2v) is 4.84. The number of nitrogens with one attached hydrogen (secondary N) is 2. The molecule has 0 aliphatic rings. The van der Waals surface area contributed by atoms with Crippen LogP contribution in [0.4, 0.5) is 5.69 Å². The van der Waals surface area contributed by atoms with E-state index in [2.05, 4.69) is 35.4 Å². The monoisotopic (exact) mass is 251 g/mol. The van der Waals surface area contributed by atoms with E-state index in [4.69, 9.17) is 12.2 Å². The van der Waals surface area contributed by atoms with Crippen LogP contribution in [0.25, 0.3) is 0 Å². The third-order valence-corrected chi connectivity index (χ3v) is 2.94. The fraction of sp³-hybridized carbons (Fsp3) is 0.462. The Morgan fingerprint density at radius 3 is 2.65 bits per heavy atom. The molecule has 0 amide bonds. The average molecular weight is 251 g/mol. The number of likely N-dealkylation sites (N-methyl/N-ethyl adjacent to an activating group) is 1. The molecule has 1 aromatic carbocycles. The molecule has 1 aromatic rings. The van der Waals surface area contributed by atoms with Crippen LogP contribution in [-0.4, -0.2) is 37.2 Å². The normalized spacial score (nSPS) is 10.4. The molecule has 4 heteroatoms. The molecule has 0 aliphatic heterocycles.